The number of ketones is 2. The number of Topliss-reactive ketones (excluding diaryl/α,β-unsaturated/α-hetero) is 2. The molecule has 10 nitrogen and oxygen atoms in total. The van der Waals surface area contributed by atoms with Crippen molar-refractivity contribution in [3.8, 4) is 17.6 Å². The van der Waals surface area contributed by atoms with Gasteiger partial charge in [-0.2, -0.15) is 0 Å². The number of hydrogen-bond acceptors (Lipinski definition) is 9. The first kappa shape index (κ1) is 28.1. The number of nitrogens with two attached hydrogens (primary N) is 1. The number of phenolic OH excluding ortho intramolecular Hbond substituents is 1. The van der Waals surface area contributed by atoms with Crippen LogP contribution in [0.3, 0.4) is 0 Å². The van der Waals surface area contributed by atoms with Crippen molar-refractivity contribution in [1.82, 2.24) is 4.90 Å². The Balaban J connectivity index is 1.72. The summed E-state index contributed by atoms with van der Waals surface area (Å²) >= 11 is 0. The van der Waals surface area contributed by atoms with Crippen molar-refractivity contribution in [2.45, 2.75) is 37.0 Å². The molecule has 41 heavy (non-hydrogen) atoms. The number of primary amides is 1. The summed E-state index contributed by atoms with van der Waals surface area (Å²) in [5.41, 5.74) is 2.73. The van der Waals surface area contributed by atoms with Gasteiger partial charge in [0.25, 0.3) is 5.91 Å². The number of nitrogens with zero attached hydrogens (tertiary/aromatic N) is 1. The Bertz CT molecular complexity index is 1610. The molecule has 0 spiro atoms. The van der Waals surface area contributed by atoms with Gasteiger partial charge in [0.1, 0.15) is 22.8 Å². The summed E-state index contributed by atoms with van der Waals surface area (Å²) in [5.74, 6) is -3.20. The van der Waals surface area contributed by atoms with E-state index in [0.717, 1.165) is 5.56 Å². The number of aliphatic hydroxyl groups excluding tert-OH is 3. The van der Waals surface area contributed by atoms with Gasteiger partial charge in [-0.05, 0) is 43.3 Å². The van der Waals surface area contributed by atoms with Crippen molar-refractivity contribution >= 4 is 23.2 Å². The molecule has 2 aromatic rings. The van der Waals surface area contributed by atoms with Gasteiger partial charge in [-0.3, -0.25) is 19.3 Å². The van der Waals surface area contributed by atoms with E-state index in [9.17, 15) is 39.9 Å². The summed E-state index contributed by atoms with van der Waals surface area (Å²) in [6, 6.07) is 11.0. The lowest BCUT2D eigenvalue weighted by Gasteiger charge is -2.53. The summed E-state index contributed by atoms with van der Waals surface area (Å²) in [7, 11) is 2.92. The third kappa shape index (κ3) is 3.96. The van der Waals surface area contributed by atoms with Crippen LogP contribution in [0.4, 0.5) is 0 Å². The highest BCUT2D eigenvalue weighted by Gasteiger charge is 2.68. The van der Waals surface area contributed by atoms with Crippen LogP contribution < -0.4 is 5.73 Å². The minimum atomic E-state index is -2.95. The molecule has 3 aliphatic rings. The largest absolute Gasteiger partial charge is 0.508 e. The Morgan fingerprint density at radius 1 is 1.07 bits per heavy atom. The quantitative estimate of drug-likeness (QED) is 0.237. The molecule has 0 heterocycles. The lowest BCUT2D eigenvalue weighted by atomic mass is 9.54. The van der Waals surface area contributed by atoms with Gasteiger partial charge in [-0.1, -0.05) is 49.1 Å². The fourth-order valence-electron chi connectivity index (χ4n) is 6.64. The summed E-state index contributed by atoms with van der Waals surface area (Å²) < 4.78 is 0. The van der Waals surface area contributed by atoms with Crippen LogP contribution >= 0.6 is 0 Å². The van der Waals surface area contributed by atoms with E-state index < -0.39 is 75.6 Å². The molecule has 3 aliphatic carbocycles. The molecule has 0 aromatic heterocycles. The third-order valence-corrected chi connectivity index (χ3v) is 8.47. The van der Waals surface area contributed by atoms with Crippen LogP contribution in [0, 0.1) is 23.7 Å². The van der Waals surface area contributed by atoms with E-state index in [1.54, 1.807) is 13.0 Å². The molecule has 6 atom stereocenters. The molecule has 5 rings (SSSR count). The van der Waals surface area contributed by atoms with Crippen LogP contribution in [0.5, 0.6) is 5.75 Å². The molecular formula is C31H30N2O8. The lowest BCUT2D eigenvalue weighted by Crippen LogP contribution is -2.70. The Morgan fingerprint density at radius 2 is 1.73 bits per heavy atom. The highest BCUT2D eigenvalue weighted by atomic mass is 16.4. The predicted molar refractivity (Wildman–Crippen MR) is 147 cm³/mol. The van der Waals surface area contributed by atoms with Crippen molar-refractivity contribution < 1.29 is 39.9 Å². The van der Waals surface area contributed by atoms with Gasteiger partial charge < -0.3 is 31.3 Å². The number of phenols is 1. The summed E-state index contributed by atoms with van der Waals surface area (Å²) in [4.78, 5) is 40.8. The molecule has 1 fully saturated rings. The second-order valence-corrected chi connectivity index (χ2v) is 10.9. The highest BCUT2D eigenvalue weighted by Crippen LogP contribution is 2.56. The number of aromatic hydroxyl groups is 1. The fourth-order valence-corrected chi connectivity index (χ4v) is 6.64. The Morgan fingerprint density at radius 3 is 2.34 bits per heavy atom. The fraction of sp³-hybridized carbons (Fsp3) is 0.323. The van der Waals surface area contributed by atoms with Crippen molar-refractivity contribution in [2.75, 3.05) is 14.1 Å². The zero-order valence-electron chi connectivity index (χ0n) is 22.6. The van der Waals surface area contributed by atoms with Crippen LogP contribution in [0.25, 0.3) is 5.76 Å². The first-order valence-corrected chi connectivity index (χ1v) is 13.1. The molecule has 7 N–H and O–H groups in total. The van der Waals surface area contributed by atoms with Gasteiger partial charge >= 0.3 is 0 Å². The second kappa shape index (κ2) is 9.89. The maximum Gasteiger partial charge on any atom is 0.255 e. The first-order chi connectivity index (χ1) is 19.3. The third-order valence-electron chi connectivity index (χ3n) is 8.47. The molecule has 0 bridgehead atoms. The Hall–Kier alpha value is -4.43. The number of benzene rings is 2. The van der Waals surface area contributed by atoms with Crippen LogP contribution in [0.15, 0.2) is 59.4 Å². The van der Waals surface area contributed by atoms with Gasteiger partial charge in [0.05, 0.1) is 23.6 Å². The van der Waals surface area contributed by atoms with Gasteiger partial charge in [0.15, 0.2) is 11.4 Å². The van der Waals surface area contributed by atoms with Gasteiger partial charge in [-0.25, -0.2) is 0 Å². The number of fused-ring (bicyclic) bond motifs is 3. The zero-order valence-corrected chi connectivity index (χ0v) is 22.6. The number of carbonyl (C=O) groups excluding carboxylic acids is 3. The van der Waals surface area contributed by atoms with E-state index >= 15 is 0 Å². The molecule has 2 aromatic carbocycles. The maximum absolute atomic E-state index is 14.0. The second-order valence-electron chi connectivity index (χ2n) is 10.9. The Kier molecular flexibility index (Phi) is 6.78. The number of aliphatic hydroxyl groups is 4. The smallest absolute Gasteiger partial charge is 0.255 e. The number of hydrogen-bond donors (Lipinski definition) is 6. The predicted octanol–water partition coefficient (Wildman–Crippen LogP) is 1.09. The van der Waals surface area contributed by atoms with E-state index in [-0.39, 0.29) is 11.3 Å². The molecule has 0 unspecified atom stereocenters. The molecule has 1 saturated carbocycles. The zero-order chi connectivity index (χ0) is 30.0. The number of likely N-dealkylation sites (N-methyl/N-ethyl adjacent to an activating group) is 1. The standard InChI is InChI=1S/C31H30N2O8/c1-14-18-16(11-7-10-15-8-5-4-6-9-15)12-13-17(34)20(18)25(35)21-19(14)26(36)23-24(33(2)3)27(37)22(30(32)40)29(39)31(23,41)28(21)38/h4-6,8-9,12-14,19,23-24,26,34-36,39,41H,10H2,1-3H3,(H2,32,40)/t14-,19+,23+,24-,26-,31-/m0/s1. The van der Waals surface area contributed by atoms with Crippen LogP contribution in [-0.2, 0) is 20.8 Å². The minimum Gasteiger partial charge on any atom is -0.508 e. The van der Waals surface area contributed by atoms with Crippen molar-refractivity contribution in [1.29, 1.82) is 0 Å². The molecule has 1 amide bonds. The number of carbonyl (C=O) groups is 3. The van der Waals surface area contributed by atoms with Crippen molar-refractivity contribution in [3.63, 3.8) is 0 Å². The summed E-state index contributed by atoms with van der Waals surface area (Å²) in [6.07, 6.45) is -1.24. The molecular weight excluding hydrogens is 528 g/mol. The van der Waals surface area contributed by atoms with Crippen molar-refractivity contribution in [3.05, 3.63) is 81.6 Å². The van der Waals surface area contributed by atoms with E-state index in [1.165, 1.54) is 25.1 Å². The van der Waals surface area contributed by atoms with E-state index in [1.807, 2.05) is 30.3 Å². The topological polar surface area (TPSA) is 182 Å². The van der Waals surface area contributed by atoms with Gasteiger partial charge in [-0.15, -0.1) is 0 Å². The molecule has 212 valence electrons. The SMILES string of the molecule is C[C@H]1c2c(C#CCc3ccccc3)ccc(O)c2C(O)=C2C(=O)[C@]3(O)C(O)=C(C(N)=O)C(=O)[C@@H](N(C)C)[C@@H]3[C@@H](O)[C@@H]21. The molecule has 0 radical (unpaired) electrons. The lowest BCUT2D eigenvalue weighted by molar-refractivity contribution is -0.169. The first-order valence-electron chi connectivity index (χ1n) is 13.1. The van der Waals surface area contributed by atoms with Gasteiger partial charge in [0, 0.05) is 23.5 Å². The molecule has 0 aliphatic heterocycles. The monoisotopic (exact) mass is 558 g/mol. The Labute approximate surface area is 236 Å². The van der Waals surface area contributed by atoms with E-state index in [0.29, 0.717) is 17.5 Å². The van der Waals surface area contributed by atoms with Crippen LogP contribution in [0.2, 0.25) is 0 Å². The molecule has 0 saturated heterocycles. The number of amides is 1. The van der Waals surface area contributed by atoms with Crippen LogP contribution in [-0.4, -0.2) is 79.7 Å². The van der Waals surface area contributed by atoms with Gasteiger partial charge in [0.2, 0.25) is 5.78 Å². The average molecular weight is 559 g/mol. The minimum absolute atomic E-state index is 0.0903. The average Bonchev–Trinajstić information content (AvgIpc) is 2.91. The van der Waals surface area contributed by atoms with E-state index in [4.69, 9.17) is 5.73 Å². The molecule has 10 heteroatoms. The van der Waals surface area contributed by atoms with Crippen molar-refractivity contribution in [2.24, 2.45) is 17.6 Å². The highest BCUT2D eigenvalue weighted by molar-refractivity contribution is 6.24. The summed E-state index contributed by atoms with van der Waals surface area (Å²) in [5, 5.41) is 56.7. The van der Waals surface area contributed by atoms with Crippen LogP contribution in [0.1, 0.15) is 35.1 Å². The summed E-state index contributed by atoms with van der Waals surface area (Å²) in [6.45, 7) is 1.68. The number of rotatable bonds is 3. The normalized spacial score (nSPS) is 29.0. The maximum atomic E-state index is 14.0. The van der Waals surface area contributed by atoms with E-state index in [2.05, 4.69) is 11.8 Å².